The molecule has 1 aromatic rings. The van der Waals surface area contributed by atoms with Crippen LogP contribution in [0.5, 0.6) is 0 Å². The minimum atomic E-state index is 0.848. The van der Waals surface area contributed by atoms with Gasteiger partial charge in [-0.25, -0.2) is 0 Å². The second-order valence-electron chi connectivity index (χ2n) is 4.05. The van der Waals surface area contributed by atoms with Crippen LogP contribution in [0, 0.1) is 0 Å². The maximum Gasteiger partial charge on any atom is 0.199 e. The minimum absolute atomic E-state index is 0.848. The van der Waals surface area contributed by atoms with Gasteiger partial charge in [-0.1, -0.05) is 23.6 Å². The maximum atomic E-state index is 2.51. The molecule has 1 aliphatic carbocycles. The van der Waals surface area contributed by atoms with E-state index in [2.05, 4.69) is 40.3 Å². The van der Waals surface area contributed by atoms with E-state index < -0.39 is 0 Å². The van der Waals surface area contributed by atoms with E-state index in [1.807, 2.05) is 0 Å². The van der Waals surface area contributed by atoms with Gasteiger partial charge in [0.25, 0.3) is 0 Å². The van der Waals surface area contributed by atoms with Crippen molar-refractivity contribution in [2.75, 3.05) is 5.01 Å². The lowest BCUT2D eigenvalue weighted by Gasteiger charge is -1.99. The number of nitrogens with zero attached hydrogens (tertiary/aromatic N) is 2. The van der Waals surface area contributed by atoms with Crippen LogP contribution in [0.4, 0.5) is 0 Å². The van der Waals surface area contributed by atoms with E-state index in [1.165, 1.54) is 25.7 Å². The van der Waals surface area contributed by atoms with Crippen molar-refractivity contribution in [2.45, 2.75) is 37.8 Å². The predicted octanol–water partition coefficient (Wildman–Crippen LogP) is 1.24. The van der Waals surface area contributed by atoms with E-state index >= 15 is 0 Å². The van der Waals surface area contributed by atoms with Gasteiger partial charge in [-0.2, -0.15) is 5.01 Å². The first-order chi connectivity index (χ1) is 6.47. The molecule has 1 saturated carbocycles. The molecule has 1 saturated heterocycles. The molecule has 0 aromatic carbocycles. The van der Waals surface area contributed by atoms with Gasteiger partial charge in [0.05, 0.1) is 0 Å². The normalized spacial score (nSPS) is 31.2. The zero-order chi connectivity index (χ0) is 8.67. The molecule has 0 spiro atoms. The molecule has 1 aliphatic heterocycles. The summed E-state index contributed by atoms with van der Waals surface area (Å²) in [6.07, 6.45) is 9.94. The first-order valence-corrected chi connectivity index (χ1v) is 5.22. The van der Waals surface area contributed by atoms with Gasteiger partial charge in [-0.15, -0.1) is 0 Å². The lowest BCUT2D eigenvalue weighted by atomic mass is 10.0. The zero-order valence-electron chi connectivity index (χ0n) is 7.76. The van der Waals surface area contributed by atoms with Crippen molar-refractivity contribution < 1.29 is 4.68 Å². The summed E-state index contributed by atoms with van der Waals surface area (Å²) in [5, 5.41) is 2.51. The molecule has 0 amide bonds. The molecule has 2 unspecified atom stereocenters. The highest BCUT2D eigenvalue weighted by Crippen LogP contribution is 2.35. The molecule has 2 heterocycles. The van der Waals surface area contributed by atoms with Crippen LogP contribution < -0.4 is 9.69 Å². The Labute approximate surface area is 78.8 Å². The quantitative estimate of drug-likeness (QED) is 0.460. The third-order valence-electron chi connectivity index (χ3n) is 3.25. The largest absolute Gasteiger partial charge is 0.199 e. The Kier molecular flexibility index (Phi) is 1.54. The minimum Gasteiger partial charge on any atom is -0.170 e. The topological polar surface area (TPSA) is 6.89 Å². The van der Waals surface area contributed by atoms with Crippen LogP contribution >= 0.6 is 0 Å². The van der Waals surface area contributed by atoms with Crippen LogP contribution in [0.15, 0.2) is 30.6 Å². The molecule has 2 heteroatoms. The van der Waals surface area contributed by atoms with Gasteiger partial charge in [0.2, 0.25) is 0 Å². The fourth-order valence-corrected chi connectivity index (χ4v) is 2.56. The van der Waals surface area contributed by atoms with E-state index in [-0.39, 0.29) is 0 Å². The predicted molar refractivity (Wildman–Crippen MR) is 50.9 cm³/mol. The number of hydrogen-bond acceptors (Lipinski definition) is 1. The van der Waals surface area contributed by atoms with Crippen molar-refractivity contribution in [1.29, 1.82) is 0 Å². The molecule has 3 rings (SSSR count). The second kappa shape index (κ2) is 2.72. The van der Waals surface area contributed by atoms with Crippen molar-refractivity contribution in [3.8, 4) is 0 Å². The van der Waals surface area contributed by atoms with Crippen molar-refractivity contribution in [1.82, 2.24) is 0 Å². The van der Waals surface area contributed by atoms with Crippen LogP contribution in [-0.4, -0.2) is 12.1 Å². The first-order valence-electron chi connectivity index (χ1n) is 5.22. The molecule has 0 bridgehead atoms. The Hall–Kier alpha value is -1.05. The van der Waals surface area contributed by atoms with Crippen LogP contribution in [-0.2, 0) is 0 Å². The fourth-order valence-electron chi connectivity index (χ4n) is 2.56. The van der Waals surface area contributed by atoms with Gasteiger partial charge in [-0.3, -0.25) is 0 Å². The van der Waals surface area contributed by atoms with Crippen LogP contribution in [0.2, 0.25) is 0 Å². The van der Waals surface area contributed by atoms with Crippen LogP contribution in [0.1, 0.15) is 25.7 Å². The molecular formula is C11H15N2+. The summed E-state index contributed by atoms with van der Waals surface area (Å²) in [5.41, 5.74) is 0. The van der Waals surface area contributed by atoms with E-state index in [1.54, 1.807) is 0 Å². The third kappa shape index (κ3) is 1.12. The van der Waals surface area contributed by atoms with Gasteiger partial charge in [0, 0.05) is 12.1 Å². The average molecular weight is 175 g/mol. The summed E-state index contributed by atoms with van der Waals surface area (Å²) >= 11 is 0. The zero-order valence-corrected chi connectivity index (χ0v) is 7.76. The van der Waals surface area contributed by atoms with E-state index in [0.717, 1.165) is 12.1 Å². The van der Waals surface area contributed by atoms with E-state index in [9.17, 15) is 0 Å². The van der Waals surface area contributed by atoms with Crippen molar-refractivity contribution in [3.63, 3.8) is 0 Å². The summed E-state index contributed by atoms with van der Waals surface area (Å²) < 4.78 is 2.25. The van der Waals surface area contributed by atoms with Gasteiger partial charge in [0.1, 0.15) is 12.1 Å². The molecule has 1 aromatic heterocycles. The first kappa shape index (κ1) is 7.36. The lowest BCUT2D eigenvalue weighted by molar-refractivity contribution is -0.679. The average Bonchev–Trinajstić information content (AvgIpc) is 2.93. The Morgan fingerprint density at radius 3 is 2.15 bits per heavy atom. The number of fused-ring (bicyclic) bond motifs is 1. The number of hydrogen-bond donors (Lipinski definition) is 0. The van der Waals surface area contributed by atoms with Gasteiger partial charge >= 0.3 is 0 Å². The summed E-state index contributed by atoms with van der Waals surface area (Å²) in [6, 6.07) is 7.97. The highest BCUT2D eigenvalue weighted by molar-refractivity contribution is 5.17. The fraction of sp³-hybridized carbons (Fsp3) is 0.545. The molecule has 2 fully saturated rings. The molecule has 13 heavy (non-hydrogen) atoms. The standard InChI is InChI=1S/C11H15N2/c1-4-8-12(9-5-1)13-10-6-2-3-7-11(10)13/h1,4-5,8-11H,2-3,6-7H2/q+1. The number of aromatic nitrogens is 1. The molecule has 2 atom stereocenters. The Morgan fingerprint density at radius 1 is 0.923 bits per heavy atom. The van der Waals surface area contributed by atoms with Crippen molar-refractivity contribution >= 4 is 0 Å². The molecule has 68 valence electrons. The lowest BCUT2D eigenvalue weighted by Crippen LogP contribution is -2.46. The second-order valence-corrected chi connectivity index (χ2v) is 4.05. The summed E-state index contributed by atoms with van der Waals surface area (Å²) in [5.74, 6) is 0. The summed E-state index contributed by atoms with van der Waals surface area (Å²) in [4.78, 5) is 0. The van der Waals surface area contributed by atoms with Crippen molar-refractivity contribution in [2.24, 2.45) is 0 Å². The highest BCUT2D eigenvalue weighted by Gasteiger charge is 2.54. The van der Waals surface area contributed by atoms with E-state index in [0.29, 0.717) is 0 Å². The summed E-state index contributed by atoms with van der Waals surface area (Å²) in [7, 11) is 0. The Bertz CT molecular complexity index is 284. The van der Waals surface area contributed by atoms with Crippen LogP contribution in [0.3, 0.4) is 0 Å². The number of rotatable bonds is 1. The molecular weight excluding hydrogens is 160 g/mol. The van der Waals surface area contributed by atoms with Gasteiger partial charge in [0.15, 0.2) is 12.4 Å². The Morgan fingerprint density at radius 2 is 1.54 bits per heavy atom. The van der Waals surface area contributed by atoms with Crippen molar-refractivity contribution in [3.05, 3.63) is 30.6 Å². The highest BCUT2D eigenvalue weighted by atomic mass is 15.7. The van der Waals surface area contributed by atoms with E-state index in [4.69, 9.17) is 0 Å². The van der Waals surface area contributed by atoms with Crippen LogP contribution in [0.25, 0.3) is 0 Å². The molecule has 0 N–H and O–H groups in total. The number of pyridine rings is 1. The summed E-state index contributed by atoms with van der Waals surface area (Å²) in [6.45, 7) is 0. The van der Waals surface area contributed by atoms with Gasteiger partial charge < -0.3 is 0 Å². The maximum absolute atomic E-state index is 2.51. The molecule has 2 nitrogen and oxygen atoms in total. The smallest absolute Gasteiger partial charge is 0.170 e. The monoisotopic (exact) mass is 175 g/mol. The van der Waals surface area contributed by atoms with Gasteiger partial charge in [-0.05, 0) is 12.8 Å². The SMILES string of the molecule is c1cc[n+](N2C3CCCCC32)cc1. The molecule has 0 radical (unpaired) electrons. The Balaban J connectivity index is 1.82. The molecule has 2 aliphatic rings. The third-order valence-corrected chi connectivity index (χ3v) is 3.25.